The van der Waals surface area contributed by atoms with Gasteiger partial charge in [-0.2, -0.15) is 0 Å². The van der Waals surface area contributed by atoms with Crippen LogP contribution in [0.2, 0.25) is 0 Å². The van der Waals surface area contributed by atoms with Gasteiger partial charge in [-0.15, -0.1) is 16.3 Å². The molecule has 82 valence electrons. The van der Waals surface area contributed by atoms with Gasteiger partial charge in [0.05, 0.1) is 12.1 Å². The lowest BCUT2D eigenvalue weighted by Crippen LogP contribution is -2.74. The molecule has 0 fully saturated rings. The molecule has 2 amide bonds. The molecule has 6 heteroatoms. The lowest BCUT2D eigenvalue weighted by molar-refractivity contribution is -0.379. The van der Waals surface area contributed by atoms with Gasteiger partial charge in [0.15, 0.2) is 6.04 Å². The fraction of sp³-hybridized carbons (Fsp3) is 0.300. The summed E-state index contributed by atoms with van der Waals surface area (Å²) in [5.74, 6) is -0.469. The van der Waals surface area contributed by atoms with Crippen molar-refractivity contribution in [2.45, 2.75) is 19.0 Å². The second-order valence-electron chi connectivity index (χ2n) is 3.84. The fourth-order valence-electron chi connectivity index (χ4n) is 2.09. The number of nitrogens with zero attached hydrogens (tertiary/aromatic N) is 1. The number of aliphatic hydroxyl groups is 1. The summed E-state index contributed by atoms with van der Waals surface area (Å²) in [5, 5.41) is 11.4. The molecule has 5 nitrogen and oxygen atoms in total. The number of carbonyl (C=O) groups excluding carboxylic acids is 2. The number of amides is 2. The van der Waals surface area contributed by atoms with Crippen LogP contribution in [0.25, 0.3) is 0 Å². The number of carbonyl (C=O) groups is 2. The van der Waals surface area contributed by atoms with Crippen molar-refractivity contribution in [1.29, 1.82) is 0 Å². The number of nitrogens with one attached hydrogen (secondary N) is 1. The third kappa shape index (κ3) is 1.19. The summed E-state index contributed by atoms with van der Waals surface area (Å²) >= 11 is 1.52. The first-order chi connectivity index (χ1) is 7.66. The number of rotatable bonds is 1. The molecule has 0 bridgehead atoms. The molecule has 0 saturated heterocycles. The molecule has 1 atom stereocenters. The number of hydrogen-bond donors (Lipinski definition) is 2. The van der Waals surface area contributed by atoms with E-state index in [4.69, 9.17) is 0 Å². The van der Waals surface area contributed by atoms with Crippen molar-refractivity contribution in [3.63, 3.8) is 0 Å². The number of thiophene rings is 1. The molecule has 2 aliphatic rings. The van der Waals surface area contributed by atoms with E-state index < -0.39 is 6.04 Å². The lowest BCUT2D eigenvalue weighted by atomic mass is 10.2. The largest absolute Gasteiger partial charge is 0.462 e. The van der Waals surface area contributed by atoms with Gasteiger partial charge in [-0.3, -0.25) is 4.79 Å². The zero-order valence-electron chi connectivity index (χ0n) is 8.27. The van der Waals surface area contributed by atoms with Gasteiger partial charge in [0.2, 0.25) is 0 Å². The number of fused-ring (bicyclic) bond motifs is 1. The monoisotopic (exact) mass is 237 g/mol. The van der Waals surface area contributed by atoms with Crippen LogP contribution in [-0.4, -0.2) is 33.8 Å². The van der Waals surface area contributed by atoms with Crippen molar-refractivity contribution < 1.29 is 19.7 Å². The first-order valence-electron chi connectivity index (χ1n) is 4.90. The van der Waals surface area contributed by atoms with E-state index in [9.17, 15) is 14.7 Å². The van der Waals surface area contributed by atoms with Crippen molar-refractivity contribution in [2.75, 3.05) is 0 Å². The Morgan fingerprint density at radius 2 is 2.31 bits per heavy atom. The average Bonchev–Trinajstić information content (AvgIpc) is 2.85. The zero-order chi connectivity index (χ0) is 11.3. The second kappa shape index (κ2) is 3.15. The predicted octanol–water partition coefficient (Wildman–Crippen LogP) is -0.960. The van der Waals surface area contributed by atoms with Gasteiger partial charge in [-0.05, 0) is 11.4 Å². The summed E-state index contributed by atoms with van der Waals surface area (Å²) in [6.45, 7) is 0.482. The van der Waals surface area contributed by atoms with Crippen LogP contribution in [0, 0.1) is 0 Å². The highest BCUT2D eigenvalue weighted by molar-refractivity contribution is 7.10. The molecule has 3 heterocycles. The van der Waals surface area contributed by atoms with E-state index >= 15 is 0 Å². The van der Waals surface area contributed by atoms with E-state index in [0.29, 0.717) is 12.1 Å². The topological polar surface area (TPSA) is 71.6 Å². The standard InChI is InChI=1S/C10H8N2O3S/c13-8-3-6(9(14)11-8)12-4-7-5(10(12)15)1-2-16-7/h1-2,6H,3-4H2,(H,11,13,14)/p+1/t6-/m0/s1. The van der Waals surface area contributed by atoms with Crippen LogP contribution in [-0.2, 0) is 11.3 Å². The zero-order valence-corrected chi connectivity index (χ0v) is 9.08. The minimum atomic E-state index is -0.514. The van der Waals surface area contributed by atoms with E-state index in [1.807, 2.05) is 5.38 Å². The summed E-state index contributed by atoms with van der Waals surface area (Å²) in [5.41, 5.74) is 0.692. The summed E-state index contributed by atoms with van der Waals surface area (Å²) in [7, 11) is 0. The maximum atomic E-state index is 12.0. The molecule has 2 N–H and O–H groups in total. The van der Waals surface area contributed by atoms with Crippen LogP contribution in [0.5, 0.6) is 0 Å². The van der Waals surface area contributed by atoms with Gasteiger partial charge < -0.3 is 10.0 Å². The van der Waals surface area contributed by atoms with Crippen LogP contribution in [0.1, 0.15) is 21.7 Å². The summed E-state index contributed by atoms with van der Waals surface area (Å²) in [6, 6.07) is 1.27. The van der Waals surface area contributed by atoms with Crippen molar-refractivity contribution in [3.05, 3.63) is 21.9 Å². The van der Waals surface area contributed by atoms with Crippen molar-refractivity contribution in [1.82, 2.24) is 4.90 Å². The molecule has 1 aromatic heterocycles. The Morgan fingerprint density at radius 1 is 1.50 bits per heavy atom. The van der Waals surface area contributed by atoms with Crippen molar-refractivity contribution >= 4 is 29.0 Å². The van der Waals surface area contributed by atoms with E-state index in [-0.39, 0.29) is 24.1 Å². The van der Waals surface area contributed by atoms with Gasteiger partial charge in [-0.25, -0.2) is 4.79 Å². The van der Waals surface area contributed by atoms with Crippen LogP contribution in [0.15, 0.2) is 11.4 Å². The van der Waals surface area contributed by atoms with Gasteiger partial charge >= 0.3 is 11.8 Å². The molecule has 0 spiro atoms. The van der Waals surface area contributed by atoms with Crippen molar-refractivity contribution in [3.8, 4) is 0 Å². The molecule has 2 aliphatic heterocycles. The van der Waals surface area contributed by atoms with E-state index in [0.717, 1.165) is 4.88 Å². The van der Waals surface area contributed by atoms with Crippen molar-refractivity contribution in [2.24, 2.45) is 0 Å². The predicted molar refractivity (Wildman–Crippen MR) is 56.2 cm³/mol. The molecular formula is C10H9N2O3S+. The SMILES string of the molecule is O=C1C[C@H](N2Cc3sccc3C2=O)C(O)=[NH+]1. The third-order valence-corrected chi connectivity index (χ3v) is 3.79. The molecule has 3 rings (SSSR count). The summed E-state index contributed by atoms with van der Waals surface area (Å²) < 4.78 is 0. The number of hydrogen-bond acceptors (Lipinski definition) is 3. The highest BCUT2D eigenvalue weighted by Gasteiger charge is 2.44. The first kappa shape index (κ1) is 9.53. The third-order valence-electron chi connectivity index (χ3n) is 2.89. The molecule has 0 unspecified atom stereocenters. The van der Waals surface area contributed by atoms with Gasteiger partial charge in [0, 0.05) is 4.88 Å². The Kier molecular flexibility index (Phi) is 1.88. The molecule has 1 aromatic rings. The van der Waals surface area contributed by atoms with Crippen LogP contribution < -0.4 is 4.99 Å². The quantitative estimate of drug-likeness (QED) is 0.661. The molecule has 16 heavy (non-hydrogen) atoms. The number of aliphatic hydroxyl groups excluding tert-OH is 1. The van der Waals surface area contributed by atoms with E-state index in [1.54, 1.807) is 6.07 Å². The highest BCUT2D eigenvalue weighted by atomic mass is 32.1. The Labute approximate surface area is 95.0 Å². The average molecular weight is 237 g/mol. The maximum absolute atomic E-state index is 12.0. The molecule has 0 aliphatic carbocycles. The molecule has 0 radical (unpaired) electrons. The minimum Gasteiger partial charge on any atom is -0.462 e. The van der Waals surface area contributed by atoms with E-state index in [2.05, 4.69) is 4.99 Å². The van der Waals surface area contributed by atoms with Crippen LogP contribution in [0.3, 0.4) is 0 Å². The second-order valence-corrected chi connectivity index (χ2v) is 4.84. The Bertz CT molecular complexity index is 520. The Hall–Kier alpha value is -1.69. The van der Waals surface area contributed by atoms with Crippen LogP contribution >= 0.6 is 11.3 Å². The first-order valence-corrected chi connectivity index (χ1v) is 5.78. The molecule has 0 saturated carbocycles. The highest BCUT2D eigenvalue weighted by Crippen LogP contribution is 2.29. The minimum absolute atomic E-state index is 0.107. The van der Waals surface area contributed by atoms with Crippen LogP contribution in [0.4, 0.5) is 0 Å². The summed E-state index contributed by atoms with van der Waals surface area (Å²) in [6.07, 6.45) is 0.145. The molecular weight excluding hydrogens is 228 g/mol. The van der Waals surface area contributed by atoms with Gasteiger partial charge in [0.25, 0.3) is 5.91 Å². The fourth-order valence-corrected chi connectivity index (χ4v) is 2.96. The molecule has 0 aromatic carbocycles. The summed E-state index contributed by atoms with van der Waals surface area (Å²) in [4.78, 5) is 27.9. The Balaban J connectivity index is 1.90. The van der Waals surface area contributed by atoms with Gasteiger partial charge in [-0.1, -0.05) is 0 Å². The van der Waals surface area contributed by atoms with E-state index in [1.165, 1.54) is 16.2 Å². The van der Waals surface area contributed by atoms with Gasteiger partial charge in [0.1, 0.15) is 6.42 Å². The Morgan fingerprint density at radius 3 is 2.94 bits per heavy atom. The normalized spacial score (nSPS) is 23.9. The lowest BCUT2D eigenvalue weighted by Gasteiger charge is -2.18. The maximum Gasteiger partial charge on any atom is 0.390 e. The smallest absolute Gasteiger partial charge is 0.390 e.